The molecule has 0 spiro atoms. The maximum Gasteiger partial charge on any atom is 0.341 e. The summed E-state index contributed by atoms with van der Waals surface area (Å²) < 4.78 is 19.0. The summed E-state index contributed by atoms with van der Waals surface area (Å²) in [4.78, 5) is 54.8. The molecule has 0 aliphatic carbocycles. The van der Waals surface area contributed by atoms with Crippen molar-refractivity contribution in [2.75, 3.05) is 17.2 Å². The minimum Gasteiger partial charge on any atom is -0.462 e. The summed E-state index contributed by atoms with van der Waals surface area (Å²) in [6, 6.07) is 39.6. The van der Waals surface area contributed by atoms with Crippen molar-refractivity contribution in [1.29, 1.82) is 0 Å². The van der Waals surface area contributed by atoms with Gasteiger partial charge in [0.05, 0.1) is 6.61 Å². The van der Waals surface area contributed by atoms with Crippen LogP contribution in [0.25, 0.3) is 17.2 Å². The summed E-state index contributed by atoms with van der Waals surface area (Å²) in [5.74, 6) is -2.43. The van der Waals surface area contributed by atoms with Crippen LogP contribution in [0.1, 0.15) is 44.0 Å². The molecule has 1 heterocycles. The molecule has 6 aromatic rings. The fraction of sp³-hybridized carbons (Fsp3) is 0.0698. The number of carbonyl (C=O) groups excluding carboxylic acids is 4. The Kier molecular flexibility index (Phi) is 12.5. The summed E-state index contributed by atoms with van der Waals surface area (Å²) in [6.07, 6.45) is 1.46. The number of anilines is 2. The molecule has 0 fully saturated rings. The summed E-state index contributed by atoms with van der Waals surface area (Å²) in [5.41, 5.74) is 3.70. The topological polar surface area (TPSA) is 114 Å². The number of thiophene rings is 1. The zero-order valence-corrected chi connectivity index (χ0v) is 30.6. The van der Waals surface area contributed by atoms with Crippen LogP contribution in [-0.2, 0) is 14.3 Å². The molecule has 1 unspecified atom stereocenters. The van der Waals surface area contributed by atoms with Crippen molar-refractivity contribution in [3.05, 3.63) is 179 Å². The van der Waals surface area contributed by atoms with Crippen LogP contribution >= 0.6 is 23.1 Å². The Morgan fingerprint density at radius 3 is 2.15 bits per heavy atom. The van der Waals surface area contributed by atoms with E-state index in [1.54, 1.807) is 55.5 Å². The van der Waals surface area contributed by atoms with Gasteiger partial charge in [0, 0.05) is 27.1 Å². The quantitative estimate of drug-likeness (QED) is 0.0615. The predicted octanol–water partition coefficient (Wildman–Crippen LogP) is 9.61. The van der Waals surface area contributed by atoms with Crippen LogP contribution in [0.3, 0.4) is 0 Å². The zero-order chi connectivity index (χ0) is 37.9. The molecule has 1 aromatic heterocycles. The van der Waals surface area contributed by atoms with Gasteiger partial charge in [-0.05, 0) is 72.2 Å². The van der Waals surface area contributed by atoms with Gasteiger partial charge in [-0.2, -0.15) is 0 Å². The first-order chi connectivity index (χ1) is 26.3. The number of rotatable bonds is 13. The molecule has 0 aliphatic heterocycles. The largest absolute Gasteiger partial charge is 0.462 e. The molecule has 11 heteroatoms. The first-order valence-electron chi connectivity index (χ1n) is 16.9. The van der Waals surface area contributed by atoms with E-state index < -0.39 is 28.9 Å². The average Bonchev–Trinajstić information content (AvgIpc) is 3.62. The highest BCUT2D eigenvalue weighted by Gasteiger charge is 2.27. The van der Waals surface area contributed by atoms with Crippen molar-refractivity contribution in [2.45, 2.75) is 17.1 Å². The smallest absolute Gasteiger partial charge is 0.341 e. The Morgan fingerprint density at radius 2 is 1.46 bits per heavy atom. The van der Waals surface area contributed by atoms with Gasteiger partial charge in [0.2, 0.25) is 5.91 Å². The molecule has 0 bridgehead atoms. The first-order valence-corrected chi connectivity index (χ1v) is 18.7. The van der Waals surface area contributed by atoms with Crippen molar-refractivity contribution in [3.8, 4) is 11.1 Å². The number of thioether (sulfide) groups is 1. The lowest BCUT2D eigenvalue weighted by Crippen LogP contribution is -2.30. The Bertz CT molecular complexity index is 2280. The second-order valence-electron chi connectivity index (χ2n) is 11.7. The van der Waals surface area contributed by atoms with Crippen LogP contribution in [0.5, 0.6) is 0 Å². The van der Waals surface area contributed by atoms with Gasteiger partial charge in [-0.25, -0.2) is 9.18 Å². The molecule has 0 saturated heterocycles. The van der Waals surface area contributed by atoms with Gasteiger partial charge in [0.15, 0.2) is 0 Å². The molecule has 3 amide bonds. The number of amides is 3. The predicted molar refractivity (Wildman–Crippen MR) is 213 cm³/mol. The molecule has 0 radical (unpaired) electrons. The number of carbonyl (C=O) groups is 4. The Labute approximate surface area is 320 Å². The van der Waals surface area contributed by atoms with Gasteiger partial charge in [-0.1, -0.05) is 97.1 Å². The number of halogens is 1. The van der Waals surface area contributed by atoms with Crippen molar-refractivity contribution in [3.63, 3.8) is 0 Å². The Morgan fingerprint density at radius 1 is 0.796 bits per heavy atom. The minimum absolute atomic E-state index is 0.0571. The fourth-order valence-corrected chi connectivity index (χ4v) is 7.46. The zero-order valence-electron chi connectivity index (χ0n) is 29.0. The number of nitrogens with one attached hydrogen (secondary N) is 3. The third-order valence-corrected chi connectivity index (χ3v) is 10.1. The van der Waals surface area contributed by atoms with E-state index in [0.717, 1.165) is 11.1 Å². The molecule has 8 nitrogen and oxygen atoms in total. The van der Waals surface area contributed by atoms with Crippen LogP contribution in [0.4, 0.5) is 15.1 Å². The van der Waals surface area contributed by atoms with Crippen LogP contribution in [0.2, 0.25) is 0 Å². The van der Waals surface area contributed by atoms with Crippen LogP contribution in [-0.4, -0.2) is 30.3 Å². The summed E-state index contributed by atoms with van der Waals surface area (Å²) in [6.45, 7) is 1.90. The summed E-state index contributed by atoms with van der Waals surface area (Å²) in [7, 11) is 0. The monoisotopic (exact) mass is 755 g/mol. The minimum atomic E-state index is -0.756. The lowest BCUT2D eigenvalue weighted by molar-refractivity contribution is -0.116. The van der Waals surface area contributed by atoms with E-state index >= 15 is 0 Å². The molecule has 0 saturated carbocycles. The molecule has 5 aromatic carbocycles. The number of benzene rings is 5. The maximum atomic E-state index is 14.1. The van der Waals surface area contributed by atoms with Crippen LogP contribution < -0.4 is 16.0 Å². The highest BCUT2D eigenvalue weighted by molar-refractivity contribution is 8.00. The molecular formula is C43H34FN3O5S2. The van der Waals surface area contributed by atoms with Gasteiger partial charge < -0.3 is 20.7 Å². The van der Waals surface area contributed by atoms with E-state index in [2.05, 4.69) is 16.0 Å². The average molecular weight is 756 g/mol. The standard InChI is InChI=1S/C43H34FN3O5S2/c1-2-52-43(51)37-35(29-13-6-3-7-14-29)27-53-42(37)47-41(50)38(30-15-8-4-9-16-30)54-34-20-12-19-33(26-34)45-40(49)36(25-28-21-23-32(44)24-22-28)46-39(48)31-17-10-5-11-18-31/h3-27,38H,2H2,1H3,(H,45,49)(H,46,48)(H,47,50)/b36-25+. The molecule has 6 rings (SSSR count). The fourth-order valence-electron chi connectivity index (χ4n) is 5.41. The summed E-state index contributed by atoms with van der Waals surface area (Å²) in [5, 5.41) is 9.97. The number of hydrogen-bond donors (Lipinski definition) is 3. The second-order valence-corrected chi connectivity index (χ2v) is 13.8. The lowest BCUT2D eigenvalue weighted by atomic mass is 10.0. The van der Waals surface area contributed by atoms with Crippen molar-refractivity contribution in [2.24, 2.45) is 0 Å². The number of ether oxygens (including phenoxy) is 1. The molecule has 0 aliphatic rings. The van der Waals surface area contributed by atoms with Gasteiger partial charge in [-0.3, -0.25) is 14.4 Å². The van der Waals surface area contributed by atoms with Crippen molar-refractivity contribution >= 4 is 63.6 Å². The molecule has 270 valence electrons. The Hall–Kier alpha value is -6.30. The van der Waals surface area contributed by atoms with E-state index in [4.69, 9.17) is 4.74 Å². The molecule has 3 N–H and O–H groups in total. The molecule has 54 heavy (non-hydrogen) atoms. The van der Waals surface area contributed by atoms with Crippen molar-refractivity contribution < 1.29 is 28.3 Å². The van der Waals surface area contributed by atoms with E-state index in [-0.39, 0.29) is 23.8 Å². The van der Waals surface area contributed by atoms with Crippen LogP contribution in [0, 0.1) is 5.82 Å². The normalized spacial score (nSPS) is 11.6. The van der Waals surface area contributed by atoms with E-state index in [1.165, 1.54) is 53.4 Å². The Balaban J connectivity index is 1.25. The van der Waals surface area contributed by atoms with Crippen molar-refractivity contribution in [1.82, 2.24) is 5.32 Å². The van der Waals surface area contributed by atoms with Crippen LogP contribution in [0.15, 0.2) is 155 Å². The van der Waals surface area contributed by atoms with E-state index in [0.29, 0.717) is 32.3 Å². The highest BCUT2D eigenvalue weighted by Crippen LogP contribution is 2.40. The third-order valence-electron chi connectivity index (χ3n) is 7.99. The SMILES string of the molecule is CCOC(=O)c1c(-c2ccccc2)csc1NC(=O)C(Sc1cccc(NC(=O)/C(=C\c2ccc(F)cc2)NC(=O)c2ccccc2)c1)c1ccccc1. The first kappa shape index (κ1) is 37.5. The number of hydrogen-bond acceptors (Lipinski definition) is 7. The van der Waals surface area contributed by atoms with E-state index in [1.807, 2.05) is 72.1 Å². The van der Waals surface area contributed by atoms with Gasteiger partial charge >= 0.3 is 5.97 Å². The van der Waals surface area contributed by atoms with Gasteiger partial charge in [-0.15, -0.1) is 23.1 Å². The van der Waals surface area contributed by atoms with E-state index in [9.17, 15) is 23.6 Å². The van der Waals surface area contributed by atoms with Gasteiger partial charge in [0.1, 0.15) is 27.3 Å². The molecule has 1 atom stereocenters. The van der Waals surface area contributed by atoms with Gasteiger partial charge in [0.25, 0.3) is 11.8 Å². The maximum absolute atomic E-state index is 14.1. The highest BCUT2D eigenvalue weighted by atomic mass is 32.2. The molecular weight excluding hydrogens is 722 g/mol. The lowest BCUT2D eigenvalue weighted by Gasteiger charge is -2.18. The second kappa shape index (κ2) is 18.0. The summed E-state index contributed by atoms with van der Waals surface area (Å²) >= 11 is 2.51. The third kappa shape index (κ3) is 9.57. The number of esters is 1.